The van der Waals surface area contributed by atoms with E-state index in [0.29, 0.717) is 30.4 Å². The number of pyridine rings is 1. The van der Waals surface area contributed by atoms with Gasteiger partial charge in [0, 0.05) is 19.1 Å². The molecular weight excluding hydrogens is 269 g/mol. The van der Waals surface area contributed by atoms with Crippen molar-refractivity contribution in [2.75, 3.05) is 18.4 Å². The Hall–Kier alpha value is -1.65. The molecule has 0 aliphatic carbocycles. The summed E-state index contributed by atoms with van der Waals surface area (Å²) < 4.78 is 13.5. The van der Waals surface area contributed by atoms with Crippen LogP contribution >= 0.6 is 0 Å². The maximum atomic E-state index is 13.5. The van der Waals surface area contributed by atoms with E-state index in [0.717, 1.165) is 12.6 Å². The van der Waals surface area contributed by atoms with E-state index >= 15 is 0 Å². The Morgan fingerprint density at radius 1 is 1.38 bits per heavy atom. The zero-order valence-corrected chi connectivity index (χ0v) is 13.6. The molecule has 4 nitrogen and oxygen atoms in total. The summed E-state index contributed by atoms with van der Waals surface area (Å²) in [6.07, 6.45) is 2.05. The molecule has 0 bridgehead atoms. The largest absolute Gasteiger partial charge is 0.369 e. The first kappa shape index (κ1) is 17.4. The van der Waals surface area contributed by atoms with Crippen molar-refractivity contribution in [3.05, 3.63) is 23.6 Å². The van der Waals surface area contributed by atoms with Gasteiger partial charge in [0.2, 0.25) is 0 Å². The van der Waals surface area contributed by atoms with E-state index in [1.54, 1.807) is 4.90 Å². The molecule has 1 aromatic heterocycles. The number of nitrogens with one attached hydrogen (secondary N) is 1. The first-order valence-corrected chi connectivity index (χ1v) is 7.57. The molecule has 5 heteroatoms. The number of hydrogen-bond acceptors (Lipinski definition) is 3. The maximum Gasteiger partial charge on any atom is 0.257 e. The fourth-order valence-electron chi connectivity index (χ4n) is 2.06. The van der Waals surface area contributed by atoms with Gasteiger partial charge >= 0.3 is 0 Å². The molecular formula is C16H26FN3O. The first-order valence-electron chi connectivity index (χ1n) is 7.57. The summed E-state index contributed by atoms with van der Waals surface area (Å²) in [5.74, 6) is 0.139. The number of carbonyl (C=O) groups excluding carboxylic acids is 1. The fourth-order valence-corrected chi connectivity index (χ4v) is 2.06. The van der Waals surface area contributed by atoms with Gasteiger partial charge in [0.1, 0.15) is 11.6 Å². The second-order valence-corrected chi connectivity index (χ2v) is 5.92. The number of hydrogen-bond donors (Lipinski definition) is 1. The third kappa shape index (κ3) is 4.99. The summed E-state index contributed by atoms with van der Waals surface area (Å²) in [4.78, 5) is 18.5. The predicted octanol–water partition coefficient (Wildman–Crippen LogP) is 3.55. The molecule has 0 radical (unpaired) electrons. The predicted molar refractivity (Wildman–Crippen MR) is 84.0 cm³/mol. The van der Waals surface area contributed by atoms with Crippen molar-refractivity contribution in [3.63, 3.8) is 0 Å². The van der Waals surface area contributed by atoms with Gasteiger partial charge in [-0.25, -0.2) is 9.37 Å². The number of carbonyl (C=O) groups is 1. The molecule has 0 saturated heterocycles. The van der Waals surface area contributed by atoms with Crippen LogP contribution in [0.2, 0.25) is 0 Å². The molecule has 21 heavy (non-hydrogen) atoms. The Labute approximate surface area is 126 Å². The van der Waals surface area contributed by atoms with E-state index in [9.17, 15) is 9.18 Å². The van der Waals surface area contributed by atoms with Crippen molar-refractivity contribution < 1.29 is 9.18 Å². The lowest BCUT2D eigenvalue weighted by Crippen LogP contribution is -2.40. The van der Waals surface area contributed by atoms with Crippen LogP contribution in [0.3, 0.4) is 0 Å². The minimum Gasteiger partial charge on any atom is -0.369 e. The molecule has 0 fully saturated rings. The lowest BCUT2D eigenvalue weighted by atomic mass is 10.1. The summed E-state index contributed by atoms with van der Waals surface area (Å²) >= 11 is 0. The summed E-state index contributed by atoms with van der Waals surface area (Å²) in [7, 11) is 0. The molecule has 0 atom stereocenters. The fraction of sp³-hybridized carbons (Fsp3) is 0.625. The molecule has 0 aromatic carbocycles. The van der Waals surface area contributed by atoms with Crippen LogP contribution in [0.25, 0.3) is 0 Å². The Morgan fingerprint density at radius 2 is 2.05 bits per heavy atom. The number of anilines is 1. The lowest BCUT2D eigenvalue weighted by molar-refractivity contribution is 0.0682. The van der Waals surface area contributed by atoms with Gasteiger partial charge in [0.05, 0.1) is 11.8 Å². The standard InChI is InChI=1S/C16H26FN3O/c1-6-7-18-15-14(8-13(17)9-19-15)16(21)20(12(4)5)10-11(2)3/h8-9,11-12H,6-7,10H2,1-5H3,(H,18,19). The van der Waals surface area contributed by atoms with Gasteiger partial charge in [-0.1, -0.05) is 20.8 Å². The van der Waals surface area contributed by atoms with E-state index in [1.165, 1.54) is 6.07 Å². The molecule has 0 aliphatic heterocycles. The van der Waals surface area contributed by atoms with Crippen LogP contribution in [-0.2, 0) is 0 Å². The quantitative estimate of drug-likeness (QED) is 0.836. The average molecular weight is 295 g/mol. The van der Waals surface area contributed by atoms with Crippen molar-refractivity contribution in [1.82, 2.24) is 9.88 Å². The van der Waals surface area contributed by atoms with E-state index in [-0.39, 0.29) is 11.9 Å². The molecule has 1 rings (SSSR count). The molecule has 1 heterocycles. The number of amides is 1. The third-order valence-corrected chi connectivity index (χ3v) is 3.07. The van der Waals surface area contributed by atoms with Crippen LogP contribution in [0.15, 0.2) is 12.3 Å². The molecule has 0 saturated carbocycles. The normalized spacial score (nSPS) is 11.0. The van der Waals surface area contributed by atoms with Gasteiger partial charge in [0.25, 0.3) is 5.91 Å². The smallest absolute Gasteiger partial charge is 0.257 e. The summed E-state index contributed by atoms with van der Waals surface area (Å²) in [5.41, 5.74) is 0.304. The monoisotopic (exact) mass is 295 g/mol. The molecule has 0 unspecified atom stereocenters. The average Bonchev–Trinajstić information content (AvgIpc) is 2.42. The first-order chi connectivity index (χ1) is 9.86. The molecule has 118 valence electrons. The molecule has 1 N–H and O–H groups in total. The van der Waals surface area contributed by atoms with Crippen molar-refractivity contribution in [2.24, 2.45) is 5.92 Å². The van der Waals surface area contributed by atoms with Crippen molar-refractivity contribution in [1.29, 1.82) is 0 Å². The highest BCUT2D eigenvalue weighted by Gasteiger charge is 2.23. The summed E-state index contributed by atoms with van der Waals surface area (Å²) in [5, 5.41) is 3.09. The highest BCUT2D eigenvalue weighted by Crippen LogP contribution is 2.18. The highest BCUT2D eigenvalue weighted by atomic mass is 19.1. The van der Waals surface area contributed by atoms with E-state index in [2.05, 4.69) is 24.1 Å². The summed E-state index contributed by atoms with van der Waals surface area (Å²) in [6.45, 7) is 11.4. The third-order valence-electron chi connectivity index (χ3n) is 3.07. The topological polar surface area (TPSA) is 45.2 Å². The zero-order chi connectivity index (χ0) is 16.0. The minimum absolute atomic E-state index is 0.0576. The second kappa shape index (κ2) is 7.96. The SMILES string of the molecule is CCCNc1ncc(F)cc1C(=O)N(CC(C)C)C(C)C. The molecule has 0 spiro atoms. The van der Waals surface area contributed by atoms with Crippen LogP contribution in [0.5, 0.6) is 0 Å². The lowest BCUT2D eigenvalue weighted by Gasteiger charge is -2.29. The van der Waals surface area contributed by atoms with Crippen LogP contribution in [0.1, 0.15) is 51.4 Å². The Balaban J connectivity index is 3.10. The zero-order valence-electron chi connectivity index (χ0n) is 13.6. The highest BCUT2D eigenvalue weighted by molar-refractivity contribution is 5.98. The van der Waals surface area contributed by atoms with E-state index in [1.807, 2.05) is 20.8 Å². The van der Waals surface area contributed by atoms with Gasteiger partial charge < -0.3 is 10.2 Å². The number of halogens is 1. The van der Waals surface area contributed by atoms with Gasteiger partial charge in [-0.2, -0.15) is 0 Å². The van der Waals surface area contributed by atoms with Crippen LogP contribution in [-0.4, -0.2) is 34.9 Å². The van der Waals surface area contributed by atoms with Gasteiger partial charge in [-0.3, -0.25) is 4.79 Å². The van der Waals surface area contributed by atoms with Gasteiger partial charge in [-0.15, -0.1) is 0 Å². The van der Waals surface area contributed by atoms with E-state index in [4.69, 9.17) is 0 Å². The van der Waals surface area contributed by atoms with Crippen molar-refractivity contribution in [2.45, 2.75) is 47.1 Å². The van der Waals surface area contributed by atoms with Gasteiger partial charge in [-0.05, 0) is 32.3 Å². The Bertz CT molecular complexity index is 475. The number of nitrogens with zero attached hydrogens (tertiary/aromatic N) is 2. The molecule has 1 amide bonds. The van der Waals surface area contributed by atoms with Gasteiger partial charge in [0.15, 0.2) is 0 Å². The number of rotatable bonds is 7. The Morgan fingerprint density at radius 3 is 2.57 bits per heavy atom. The molecule has 1 aromatic rings. The van der Waals surface area contributed by atoms with Crippen LogP contribution in [0, 0.1) is 11.7 Å². The van der Waals surface area contributed by atoms with E-state index < -0.39 is 5.82 Å². The second-order valence-electron chi connectivity index (χ2n) is 5.92. The Kier molecular flexibility index (Phi) is 6.59. The maximum absolute atomic E-state index is 13.5. The van der Waals surface area contributed by atoms with Crippen molar-refractivity contribution in [3.8, 4) is 0 Å². The minimum atomic E-state index is -0.492. The van der Waals surface area contributed by atoms with Crippen LogP contribution < -0.4 is 5.32 Å². The number of aromatic nitrogens is 1. The molecule has 0 aliphatic rings. The summed E-state index contributed by atoms with van der Waals surface area (Å²) in [6, 6.07) is 1.32. The van der Waals surface area contributed by atoms with Crippen molar-refractivity contribution >= 4 is 11.7 Å². The van der Waals surface area contributed by atoms with Crippen LogP contribution in [0.4, 0.5) is 10.2 Å².